The number of aromatic nitrogens is 3. The second kappa shape index (κ2) is 8.39. The molecule has 9 heteroatoms. The molecule has 0 radical (unpaired) electrons. The second-order valence-corrected chi connectivity index (χ2v) is 6.73. The van der Waals surface area contributed by atoms with Gasteiger partial charge in [-0.1, -0.05) is 6.92 Å². The van der Waals surface area contributed by atoms with E-state index >= 15 is 0 Å². The minimum atomic E-state index is -3.17. The van der Waals surface area contributed by atoms with Crippen molar-refractivity contribution in [3.8, 4) is 0 Å². The van der Waals surface area contributed by atoms with Crippen molar-refractivity contribution in [1.82, 2.24) is 19.9 Å². The second-order valence-electron chi connectivity index (χ2n) is 4.80. The predicted octanol–water partition coefficient (Wildman–Crippen LogP) is 1.36. The molecule has 0 saturated heterocycles. The lowest BCUT2D eigenvalue weighted by molar-refractivity contribution is 0.581. The van der Waals surface area contributed by atoms with E-state index in [-0.39, 0.29) is 5.75 Å². The molecule has 0 amide bonds. The number of hydrogen-bond acceptors (Lipinski definition) is 7. The van der Waals surface area contributed by atoms with Gasteiger partial charge in [0.15, 0.2) is 5.82 Å². The maximum atomic E-state index is 11.5. The summed E-state index contributed by atoms with van der Waals surface area (Å²) in [6.07, 6.45) is 3.97. The summed E-state index contributed by atoms with van der Waals surface area (Å²) in [6, 6.07) is 7.22. The van der Waals surface area contributed by atoms with Gasteiger partial charge in [-0.3, -0.25) is 4.98 Å². The highest BCUT2D eigenvalue weighted by atomic mass is 32.2. The van der Waals surface area contributed by atoms with Crippen LogP contribution in [0.15, 0.2) is 36.7 Å². The van der Waals surface area contributed by atoms with Crippen LogP contribution in [0.1, 0.15) is 13.3 Å². The largest absolute Gasteiger partial charge is 0.367 e. The van der Waals surface area contributed by atoms with Crippen LogP contribution in [-0.4, -0.2) is 42.4 Å². The molecular weight excluding hydrogens is 316 g/mol. The van der Waals surface area contributed by atoms with Crippen LogP contribution in [0.3, 0.4) is 0 Å². The highest BCUT2D eigenvalue weighted by Crippen LogP contribution is 2.13. The zero-order chi connectivity index (χ0) is 16.5. The molecule has 2 rings (SSSR count). The molecule has 0 spiro atoms. The molecule has 23 heavy (non-hydrogen) atoms. The summed E-state index contributed by atoms with van der Waals surface area (Å²) in [5, 5.41) is 14.2. The van der Waals surface area contributed by atoms with Crippen molar-refractivity contribution in [3.63, 3.8) is 0 Å². The minimum absolute atomic E-state index is 0.141. The van der Waals surface area contributed by atoms with Gasteiger partial charge in [0, 0.05) is 31.2 Å². The fraction of sp³-hybridized carbons (Fsp3) is 0.357. The molecule has 8 nitrogen and oxygen atoms in total. The van der Waals surface area contributed by atoms with Gasteiger partial charge in [-0.15, -0.1) is 10.2 Å². The van der Waals surface area contributed by atoms with Crippen LogP contribution in [0.4, 0.5) is 17.3 Å². The van der Waals surface area contributed by atoms with E-state index in [0.717, 1.165) is 5.69 Å². The molecule has 0 aromatic carbocycles. The van der Waals surface area contributed by atoms with E-state index in [2.05, 4.69) is 30.5 Å². The Morgan fingerprint density at radius 3 is 2.35 bits per heavy atom. The van der Waals surface area contributed by atoms with Crippen LogP contribution in [0, 0.1) is 0 Å². The normalized spacial score (nSPS) is 11.2. The average Bonchev–Trinajstić information content (AvgIpc) is 2.54. The summed E-state index contributed by atoms with van der Waals surface area (Å²) in [5.41, 5.74) is 0.875. The molecule has 2 aromatic heterocycles. The molecule has 0 aliphatic rings. The first-order valence-electron chi connectivity index (χ1n) is 7.31. The molecular formula is C14H20N6O2S. The topological polar surface area (TPSA) is 109 Å². The Morgan fingerprint density at radius 2 is 1.70 bits per heavy atom. The zero-order valence-electron chi connectivity index (χ0n) is 12.9. The Labute approximate surface area is 135 Å². The smallest absolute Gasteiger partial charge is 0.211 e. The molecule has 0 aliphatic heterocycles. The lowest BCUT2D eigenvalue weighted by Gasteiger charge is -2.08. The summed E-state index contributed by atoms with van der Waals surface area (Å²) >= 11 is 0. The molecule has 2 aromatic rings. The quantitative estimate of drug-likeness (QED) is 0.593. The first kappa shape index (κ1) is 17.1. The molecule has 0 saturated carbocycles. The lowest BCUT2D eigenvalue weighted by Crippen LogP contribution is -2.30. The molecule has 2 heterocycles. The van der Waals surface area contributed by atoms with Gasteiger partial charge in [0.1, 0.15) is 5.82 Å². The summed E-state index contributed by atoms with van der Waals surface area (Å²) in [7, 11) is -3.17. The van der Waals surface area contributed by atoms with Crippen molar-refractivity contribution in [2.45, 2.75) is 13.3 Å². The number of sulfonamides is 1. The molecule has 0 unspecified atom stereocenters. The van der Waals surface area contributed by atoms with Crippen LogP contribution in [0.5, 0.6) is 0 Å². The lowest BCUT2D eigenvalue weighted by atomic mass is 10.4. The average molecular weight is 336 g/mol. The number of nitrogens with one attached hydrogen (secondary N) is 3. The molecule has 3 N–H and O–H groups in total. The first-order valence-corrected chi connectivity index (χ1v) is 8.96. The fourth-order valence-electron chi connectivity index (χ4n) is 1.81. The highest BCUT2D eigenvalue weighted by molar-refractivity contribution is 7.89. The SMILES string of the molecule is CCCS(=O)(=O)NCCNc1ccc(Nc2ccncc2)nn1. The summed E-state index contributed by atoms with van der Waals surface area (Å²) in [5.74, 6) is 1.34. The highest BCUT2D eigenvalue weighted by Gasteiger charge is 2.06. The predicted molar refractivity (Wildman–Crippen MR) is 90.1 cm³/mol. The zero-order valence-corrected chi connectivity index (χ0v) is 13.7. The molecule has 0 aliphatic carbocycles. The van der Waals surface area contributed by atoms with Crippen molar-refractivity contribution in [1.29, 1.82) is 0 Å². The number of nitrogens with zero attached hydrogens (tertiary/aromatic N) is 3. The number of anilines is 3. The Hall–Kier alpha value is -2.26. The summed E-state index contributed by atoms with van der Waals surface area (Å²) in [6.45, 7) is 2.57. The van der Waals surface area contributed by atoms with Crippen molar-refractivity contribution >= 4 is 27.3 Å². The van der Waals surface area contributed by atoms with Gasteiger partial charge in [0.2, 0.25) is 10.0 Å². The van der Waals surface area contributed by atoms with Gasteiger partial charge in [-0.2, -0.15) is 0 Å². The Morgan fingerprint density at radius 1 is 1.00 bits per heavy atom. The van der Waals surface area contributed by atoms with Gasteiger partial charge in [0.05, 0.1) is 5.75 Å². The third kappa shape index (κ3) is 6.17. The number of rotatable bonds is 9. The van der Waals surface area contributed by atoms with E-state index < -0.39 is 10.0 Å². The van der Waals surface area contributed by atoms with Crippen LogP contribution in [-0.2, 0) is 10.0 Å². The van der Waals surface area contributed by atoms with E-state index in [9.17, 15) is 8.42 Å². The van der Waals surface area contributed by atoms with E-state index in [0.29, 0.717) is 31.1 Å². The van der Waals surface area contributed by atoms with E-state index in [1.54, 1.807) is 24.5 Å². The van der Waals surface area contributed by atoms with Gasteiger partial charge < -0.3 is 10.6 Å². The first-order chi connectivity index (χ1) is 11.1. The molecule has 124 valence electrons. The van der Waals surface area contributed by atoms with Crippen LogP contribution in [0.25, 0.3) is 0 Å². The maximum absolute atomic E-state index is 11.5. The Balaban J connectivity index is 1.77. The van der Waals surface area contributed by atoms with Gasteiger partial charge in [0.25, 0.3) is 0 Å². The van der Waals surface area contributed by atoms with Gasteiger partial charge in [-0.05, 0) is 30.7 Å². The maximum Gasteiger partial charge on any atom is 0.211 e. The standard InChI is InChI=1S/C14H20N6O2S/c1-2-11-23(21,22)17-10-9-16-13-3-4-14(20-19-13)18-12-5-7-15-8-6-12/h3-8,17H,2,9-11H2,1H3,(H,16,19)(H,15,18,20). The third-order valence-corrected chi connectivity index (χ3v) is 4.43. The molecule has 0 bridgehead atoms. The number of hydrogen-bond donors (Lipinski definition) is 3. The minimum Gasteiger partial charge on any atom is -0.367 e. The Kier molecular flexibility index (Phi) is 6.24. The van der Waals surface area contributed by atoms with Crippen LogP contribution < -0.4 is 15.4 Å². The third-order valence-electron chi connectivity index (χ3n) is 2.84. The molecule has 0 atom stereocenters. The van der Waals surface area contributed by atoms with Crippen LogP contribution in [0.2, 0.25) is 0 Å². The van der Waals surface area contributed by atoms with E-state index in [4.69, 9.17) is 0 Å². The molecule has 0 fully saturated rings. The Bertz CT molecular complexity index is 691. The van der Waals surface area contributed by atoms with Crippen molar-refractivity contribution < 1.29 is 8.42 Å². The monoisotopic (exact) mass is 336 g/mol. The van der Waals surface area contributed by atoms with Gasteiger partial charge >= 0.3 is 0 Å². The summed E-state index contributed by atoms with van der Waals surface area (Å²) < 4.78 is 25.5. The number of pyridine rings is 1. The van der Waals surface area contributed by atoms with Crippen molar-refractivity contribution in [3.05, 3.63) is 36.7 Å². The van der Waals surface area contributed by atoms with Gasteiger partial charge in [-0.25, -0.2) is 13.1 Å². The van der Waals surface area contributed by atoms with Crippen LogP contribution >= 0.6 is 0 Å². The fourth-order valence-corrected chi connectivity index (χ4v) is 2.91. The van der Waals surface area contributed by atoms with E-state index in [1.807, 2.05) is 19.1 Å². The van der Waals surface area contributed by atoms with E-state index in [1.165, 1.54) is 0 Å². The van der Waals surface area contributed by atoms with Crippen molar-refractivity contribution in [2.75, 3.05) is 29.5 Å². The summed E-state index contributed by atoms with van der Waals surface area (Å²) in [4.78, 5) is 3.94. The van der Waals surface area contributed by atoms with Crippen molar-refractivity contribution in [2.24, 2.45) is 0 Å².